The van der Waals surface area contributed by atoms with Gasteiger partial charge in [0.05, 0.1) is 6.61 Å². The van der Waals surface area contributed by atoms with Gasteiger partial charge < -0.3 is 21.1 Å². The first-order chi connectivity index (χ1) is 5.70. The van der Waals surface area contributed by atoms with Crippen LogP contribution in [0.1, 0.15) is 6.42 Å². The maximum absolute atomic E-state index is 10.7. The van der Waals surface area contributed by atoms with E-state index in [9.17, 15) is 4.79 Å². The number of rotatable bonds is 5. The van der Waals surface area contributed by atoms with Crippen molar-refractivity contribution >= 4 is 6.03 Å². The molecule has 0 aromatic rings. The third kappa shape index (κ3) is 5.94. The van der Waals surface area contributed by atoms with Crippen LogP contribution in [-0.4, -0.2) is 39.4 Å². The fourth-order valence-electron chi connectivity index (χ4n) is 0.757. The van der Waals surface area contributed by atoms with Crippen LogP contribution >= 0.6 is 0 Å². The zero-order valence-corrected chi connectivity index (χ0v) is 7.59. The highest BCUT2D eigenvalue weighted by molar-refractivity contribution is 5.73. The lowest BCUT2D eigenvalue weighted by Gasteiger charge is -2.10. The standard InChI is InChI=1S/C7H17N3O2/c1-9-7(11)10-4-3-6(8)5-12-2/h6H,3-5,8H2,1-2H3,(H2,9,10,11). The van der Waals surface area contributed by atoms with Crippen LogP contribution in [0.2, 0.25) is 0 Å². The Balaban J connectivity index is 3.24. The molecular formula is C7H17N3O2. The molecule has 72 valence electrons. The van der Waals surface area contributed by atoms with Crippen molar-refractivity contribution in [1.29, 1.82) is 0 Å². The topological polar surface area (TPSA) is 76.4 Å². The number of ether oxygens (including phenoxy) is 1. The largest absolute Gasteiger partial charge is 0.383 e. The predicted octanol–water partition coefficient (Wildman–Crippen LogP) is -0.721. The Bertz CT molecular complexity index is 130. The highest BCUT2D eigenvalue weighted by Crippen LogP contribution is 1.85. The molecule has 2 amide bonds. The van der Waals surface area contributed by atoms with Gasteiger partial charge in [0.1, 0.15) is 0 Å². The molecule has 5 heteroatoms. The Morgan fingerprint density at radius 2 is 2.33 bits per heavy atom. The average molecular weight is 175 g/mol. The minimum atomic E-state index is -0.181. The fourth-order valence-corrected chi connectivity index (χ4v) is 0.757. The maximum atomic E-state index is 10.7. The van der Waals surface area contributed by atoms with E-state index in [4.69, 9.17) is 10.5 Å². The van der Waals surface area contributed by atoms with Crippen LogP contribution in [-0.2, 0) is 4.74 Å². The summed E-state index contributed by atoms with van der Waals surface area (Å²) in [6.07, 6.45) is 0.723. The van der Waals surface area contributed by atoms with Gasteiger partial charge in [-0.2, -0.15) is 0 Å². The Hall–Kier alpha value is -0.810. The quantitative estimate of drug-likeness (QED) is 0.516. The van der Waals surface area contributed by atoms with Gasteiger partial charge in [-0.25, -0.2) is 4.79 Å². The second-order valence-corrected chi connectivity index (χ2v) is 2.51. The van der Waals surface area contributed by atoms with Crippen molar-refractivity contribution in [3.05, 3.63) is 0 Å². The van der Waals surface area contributed by atoms with Crippen molar-refractivity contribution in [2.75, 3.05) is 27.3 Å². The van der Waals surface area contributed by atoms with E-state index in [1.54, 1.807) is 14.2 Å². The number of amides is 2. The van der Waals surface area contributed by atoms with Crippen LogP contribution in [0.3, 0.4) is 0 Å². The molecule has 4 N–H and O–H groups in total. The average Bonchev–Trinajstić information content (AvgIpc) is 2.04. The maximum Gasteiger partial charge on any atom is 0.314 e. The lowest BCUT2D eigenvalue weighted by Crippen LogP contribution is -2.37. The molecule has 0 aliphatic heterocycles. The Morgan fingerprint density at radius 3 is 2.83 bits per heavy atom. The summed E-state index contributed by atoms with van der Waals surface area (Å²) in [4.78, 5) is 10.7. The Morgan fingerprint density at radius 1 is 1.67 bits per heavy atom. The highest BCUT2D eigenvalue weighted by atomic mass is 16.5. The third-order valence-corrected chi connectivity index (χ3v) is 1.41. The zero-order chi connectivity index (χ0) is 9.40. The van der Waals surface area contributed by atoms with Gasteiger partial charge in [-0.15, -0.1) is 0 Å². The molecule has 5 nitrogen and oxygen atoms in total. The van der Waals surface area contributed by atoms with Crippen molar-refractivity contribution in [3.8, 4) is 0 Å². The molecule has 0 spiro atoms. The normalized spacial score (nSPS) is 12.2. The van der Waals surface area contributed by atoms with E-state index in [0.717, 1.165) is 6.42 Å². The first-order valence-corrected chi connectivity index (χ1v) is 3.90. The molecule has 12 heavy (non-hydrogen) atoms. The lowest BCUT2D eigenvalue weighted by atomic mass is 10.2. The van der Waals surface area contributed by atoms with Crippen molar-refractivity contribution in [1.82, 2.24) is 10.6 Å². The summed E-state index contributed by atoms with van der Waals surface area (Å²) in [5, 5.41) is 5.08. The van der Waals surface area contributed by atoms with Crippen LogP contribution in [0, 0.1) is 0 Å². The number of urea groups is 1. The van der Waals surface area contributed by atoms with Gasteiger partial charge in [-0.05, 0) is 6.42 Å². The summed E-state index contributed by atoms with van der Waals surface area (Å²) in [5.74, 6) is 0. The van der Waals surface area contributed by atoms with E-state index in [2.05, 4.69) is 10.6 Å². The van der Waals surface area contributed by atoms with E-state index < -0.39 is 0 Å². The summed E-state index contributed by atoms with van der Waals surface area (Å²) in [6, 6.07) is -0.188. The second-order valence-electron chi connectivity index (χ2n) is 2.51. The predicted molar refractivity (Wildman–Crippen MR) is 46.9 cm³/mol. The second kappa shape index (κ2) is 6.87. The first kappa shape index (κ1) is 11.2. The molecule has 0 aliphatic rings. The summed E-state index contributed by atoms with van der Waals surface area (Å²) in [6.45, 7) is 1.10. The monoisotopic (exact) mass is 175 g/mol. The molecule has 0 heterocycles. The van der Waals surface area contributed by atoms with Crippen molar-refractivity contribution in [3.63, 3.8) is 0 Å². The first-order valence-electron chi connectivity index (χ1n) is 3.90. The molecule has 0 aromatic carbocycles. The van der Waals surface area contributed by atoms with Gasteiger partial charge in [0.2, 0.25) is 0 Å². The van der Waals surface area contributed by atoms with E-state index >= 15 is 0 Å². The van der Waals surface area contributed by atoms with E-state index in [1.165, 1.54) is 0 Å². The number of nitrogens with two attached hydrogens (primary N) is 1. The number of hydrogen-bond acceptors (Lipinski definition) is 3. The van der Waals surface area contributed by atoms with Crippen molar-refractivity contribution in [2.45, 2.75) is 12.5 Å². The summed E-state index contributed by atoms with van der Waals surface area (Å²) < 4.78 is 4.83. The molecule has 0 saturated heterocycles. The van der Waals surface area contributed by atoms with Crippen LogP contribution in [0.4, 0.5) is 4.79 Å². The Labute approximate surface area is 72.6 Å². The van der Waals surface area contributed by atoms with Crippen LogP contribution in [0.15, 0.2) is 0 Å². The summed E-state index contributed by atoms with van der Waals surface area (Å²) >= 11 is 0. The van der Waals surface area contributed by atoms with Crippen LogP contribution in [0.5, 0.6) is 0 Å². The zero-order valence-electron chi connectivity index (χ0n) is 7.59. The molecule has 0 radical (unpaired) electrons. The van der Waals surface area contributed by atoms with Gasteiger partial charge in [-0.3, -0.25) is 0 Å². The summed E-state index contributed by atoms with van der Waals surface area (Å²) in [5.41, 5.74) is 5.62. The highest BCUT2D eigenvalue weighted by Gasteiger charge is 2.01. The minimum absolute atomic E-state index is 0.00726. The van der Waals surface area contributed by atoms with Gasteiger partial charge in [0.15, 0.2) is 0 Å². The molecule has 0 aliphatic carbocycles. The van der Waals surface area contributed by atoms with Crippen molar-refractivity contribution < 1.29 is 9.53 Å². The van der Waals surface area contributed by atoms with Gasteiger partial charge in [0.25, 0.3) is 0 Å². The smallest absolute Gasteiger partial charge is 0.314 e. The number of carbonyl (C=O) groups excluding carboxylic acids is 1. The molecule has 1 atom stereocenters. The van der Waals surface area contributed by atoms with Gasteiger partial charge >= 0.3 is 6.03 Å². The number of nitrogens with one attached hydrogen (secondary N) is 2. The molecular weight excluding hydrogens is 158 g/mol. The molecule has 0 bridgehead atoms. The molecule has 0 rings (SSSR count). The van der Waals surface area contributed by atoms with E-state index in [0.29, 0.717) is 13.2 Å². The van der Waals surface area contributed by atoms with E-state index in [1.807, 2.05) is 0 Å². The Kier molecular flexibility index (Phi) is 6.41. The van der Waals surface area contributed by atoms with E-state index in [-0.39, 0.29) is 12.1 Å². The van der Waals surface area contributed by atoms with Crippen LogP contribution < -0.4 is 16.4 Å². The fraction of sp³-hybridized carbons (Fsp3) is 0.857. The molecule has 0 saturated carbocycles. The molecule has 1 unspecified atom stereocenters. The SMILES string of the molecule is CNC(=O)NCCC(N)COC. The van der Waals surface area contributed by atoms with Crippen LogP contribution in [0.25, 0.3) is 0 Å². The van der Waals surface area contributed by atoms with Gasteiger partial charge in [0, 0.05) is 26.7 Å². The third-order valence-electron chi connectivity index (χ3n) is 1.41. The number of methoxy groups -OCH3 is 1. The lowest BCUT2D eigenvalue weighted by molar-refractivity contribution is 0.176. The van der Waals surface area contributed by atoms with Gasteiger partial charge in [-0.1, -0.05) is 0 Å². The van der Waals surface area contributed by atoms with Crippen molar-refractivity contribution in [2.24, 2.45) is 5.73 Å². The molecule has 0 fully saturated rings. The number of carbonyl (C=O) groups is 1. The molecule has 0 aromatic heterocycles. The minimum Gasteiger partial charge on any atom is -0.383 e. The summed E-state index contributed by atoms with van der Waals surface area (Å²) in [7, 11) is 3.18. The number of hydrogen-bond donors (Lipinski definition) is 3.